The average molecular weight is 286 g/mol. The normalized spacial score (nSPS) is 31.2. The maximum Gasteiger partial charge on any atom is 0.0363 e. The molecule has 2 unspecified atom stereocenters. The van der Waals surface area contributed by atoms with Crippen LogP contribution in [-0.2, 0) is 10.8 Å². The summed E-state index contributed by atoms with van der Waals surface area (Å²) in [5.74, 6) is 2.58. The lowest BCUT2D eigenvalue weighted by Crippen LogP contribution is -2.46. The van der Waals surface area contributed by atoms with E-state index in [1.165, 1.54) is 45.1 Å². The summed E-state index contributed by atoms with van der Waals surface area (Å²) < 4.78 is 11.4. The van der Waals surface area contributed by atoms with Crippen LogP contribution in [0, 0.1) is 5.92 Å². The maximum atomic E-state index is 11.4. The molecule has 2 atom stereocenters. The molecule has 0 aromatic rings. The minimum Gasteiger partial charge on any atom is -0.314 e. The topological polar surface area (TPSA) is 32.3 Å². The molecule has 2 rings (SSSR count). The maximum absolute atomic E-state index is 11.4. The Morgan fingerprint density at radius 3 is 2.63 bits per heavy atom. The Kier molecular flexibility index (Phi) is 6.82. The van der Waals surface area contributed by atoms with E-state index in [0.717, 1.165) is 43.1 Å². The van der Waals surface area contributed by atoms with Crippen molar-refractivity contribution in [2.24, 2.45) is 5.92 Å². The van der Waals surface area contributed by atoms with Crippen LogP contribution < -0.4 is 5.32 Å². The summed E-state index contributed by atoms with van der Waals surface area (Å²) in [5, 5.41) is 3.77. The highest BCUT2D eigenvalue weighted by Gasteiger charge is 2.26. The van der Waals surface area contributed by atoms with E-state index in [1.807, 2.05) is 0 Å². The van der Waals surface area contributed by atoms with E-state index < -0.39 is 10.8 Å². The van der Waals surface area contributed by atoms with Gasteiger partial charge in [-0.3, -0.25) is 4.21 Å². The molecule has 0 aromatic heterocycles. The summed E-state index contributed by atoms with van der Waals surface area (Å²) in [6.07, 6.45) is 8.15. The zero-order chi connectivity index (χ0) is 13.5. The van der Waals surface area contributed by atoms with Crippen molar-refractivity contribution in [3.63, 3.8) is 0 Å². The van der Waals surface area contributed by atoms with Gasteiger partial charge in [-0.2, -0.15) is 0 Å². The molecular weight excluding hydrogens is 256 g/mol. The van der Waals surface area contributed by atoms with Gasteiger partial charge in [-0.1, -0.05) is 26.2 Å². The molecule has 112 valence electrons. The predicted octanol–water partition coefficient (Wildman–Crippen LogP) is 2.00. The van der Waals surface area contributed by atoms with E-state index in [1.54, 1.807) is 0 Å². The Morgan fingerprint density at radius 1 is 1.16 bits per heavy atom. The third kappa shape index (κ3) is 5.16. The van der Waals surface area contributed by atoms with Crippen LogP contribution in [0.4, 0.5) is 0 Å². The highest BCUT2D eigenvalue weighted by Crippen LogP contribution is 2.25. The monoisotopic (exact) mass is 286 g/mol. The number of hydrogen-bond acceptors (Lipinski definition) is 3. The van der Waals surface area contributed by atoms with Gasteiger partial charge in [-0.05, 0) is 31.7 Å². The zero-order valence-corrected chi connectivity index (χ0v) is 13.2. The number of hydrogen-bond donors (Lipinski definition) is 1. The summed E-state index contributed by atoms with van der Waals surface area (Å²) in [6.45, 7) is 6.72. The molecule has 19 heavy (non-hydrogen) atoms. The van der Waals surface area contributed by atoms with Crippen LogP contribution in [-0.4, -0.2) is 52.8 Å². The summed E-state index contributed by atoms with van der Waals surface area (Å²) in [5.41, 5.74) is 0. The van der Waals surface area contributed by atoms with E-state index in [2.05, 4.69) is 17.1 Å². The average Bonchev–Trinajstić information content (AvgIpc) is 2.64. The Morgan fingerprint density at radius 2 is 1.89 bits per heavy atom. The van der Waals surface area contributed by atoms with E-state index >= 15 is 0 Å². The van der Waals surface area contributed by atoms with Crippen molar-refractivity contribution < 1.29 is 4.21 Å². The van der Waals surface area contributed by atoms with Gasteiger partial charge >= 0.3 is 0 Å². The van der Waals surface area contributed by atoms with Gasteiger partial charge in [0.05, 0.1) is 0 Å². The number of nitrogens with zero attached hydrogens (tertiary/aromatic N) is 1. The van der Waals surface area contributed by atoms with Crippen LogP contribution >= 0.6 is 0 Å². The van der Waals surface area contributed by atoms with Gasteiger partial charge < -0.3 is 10.2 Å². The fourth-order valence-corrected chi connectivity index (χ4v) is 4.52. The largest absolute Gasteiger partial charge is 0.314 e. The van der Waals surface area contributed by atoms with Gasteiger partial charge in [0.15, 0.2) is 0 Å². The third-order valence-corrected chi connectivity index (χ3v) is 5.85. The second-order valence-electron chi connectivity index (χ2n) is 6.11. The Hall–Kier alpha value is 0.0700. The van der Waals surface area contributed by atoms with Gasteiger partial charge in [0.1, 0.15) is 0 Å². The zero-order valence-electron chi connectivity index (χ0n) is 12.4. The third-order valence-electron chi connectivity index (χ3n) is 4.58. The van der Waals surface area contributed by atoms with Crippen molar-refractivity contribution in [2.75, 3.05) is 37.7 Å². The van der Waals surface area contributed by atoms with Gasteiger partial charge in [0.25, 0.3) is 0 Å². The summed E-state index contributed by atoms with van der Waals surface area (Å²) >= 11 is 0. The molecule has 1 aliphatic heterocycles. The van der Waals surface area contributed by atoms with E-state index in [4.69, 9.17) is 0 Å². The second kappa shape index (κ2) is 8.38. The molecule has 0 aromatic carbocycles. The quantitative estimate of drug-likeness (QED) is 0.785. The van der Waals surface area contributed by atoms with Crippen LogP contribution in [0.1, 0.15) is 45.4 Å². The highest BCUT2D eigenvalue weighted by atomic mass is 32.2. The summed E-state index contributed by atoms with van der Waals surface area (Å²) in [7, 11) is -0.542. The minimum absolute atomic E-state index is 0.542. The lowest BCUT2D eigenvalue weighted by atomic mass is 9.94. The molecule has 0 radical (unpaired) electrons. The van der Waals surface area contributed by atoms with Crippen LogP contribution in [0.25, 0.3) is 0 Å². The molecule has 4 heteroatoms. The van der Waals surface area contributed by atoms with Crippen molar-refractivity contribution in [3.8, 4) is 0 Å². The smallest absolute Gasteiger partial charge is 0.0363 e. The molecule has 1 aliphatic carbocycles. The Bertz CT molecular complexity index is 275. The van der Waals surface area contributed by atoms with E-state index in [9.17, 15) is 4.21 Å². The van der Waals surface area contributed by atoms with Crippen LogP contribution in [0.2, 0.25) is 0 Å². The summed E-state index contributed by atoms with van der Waals surface area (Å²) in [4.78, 5) is 2.55. The SMILES string of the molecule is CCCNC1CCCCCC1CN1CCS(=O)CC1. The fraction of sp³-hybridized carbons (Fsp3) is 1.00. The van der Waals surface area contributed by atoms with Gasteiger partial charge in [-0.25, -0.2) is 0 Å². The van der Waals surface area contributed by atoms with E-state index in [-0.39, 0.29) is 0 Å². The van der Waals surface area contributed by atoms with Crippen molar-refractivity contribution in [2.45, 2.75) is 51.5 Å². The molecule has 1 heterocycles. The summed E-state index contributed by atoms with van der Waals surface area (Å²) in [6, 6.07) is 0.717. The van der Waals surface area contributed by atoms with Gasteiger partial charge in [-0.15, -0.1) is 0 Å². The van der Waals surface area contributed by atoms with Gasteiger partial charge in [0.2, 0.25) is 0 Å². The molecular formula is C15H30N2OS. The highest BCUT2D eigenvalue weighted by molar-refractivity contribution is 7.85. The first-order valence-corrected chi connectivity index (χ1v) is 9.59. The fourth-order valence-electron chi connectivity index (χ4n) is 3.39. The van der Waals surface area contributed by atoms with E-state index in [0.29, 0.717) is 0 Å². The van der Waals surface area contributed by atoms with Crippen LogP contribution in [0.15, 0.2) is 0 Å². The minimum atomic E-state index is -0.542. The molecule has 0 amide bonds. The lowest BCUT2D eigenvalue weighted by molar-refractivity contribution is 0.206. The standard InChI is InChI=1S/C15H30N2OS/c1-2-8-16-15-7-5-3-4-6-14(15)13-17-9-11-19(18)12-10-17/h14-16H,2-13H2,1H3. The molecule has 2 aliphatic rings. The second-order valence-corrected chi connectivity index (χ2v) is 7.80. The van der Waals surface area contributed by atoms with Crippen LogP contribution in [0.5, 0.6) is 0 Å². The molecule has 2 fully saturated rings. The van der Waals surface area contributed by atoms with Crippen molar-refractivity contribution >= 4 is 10.8 Å². The molecule has 3 nitrogen and oxygen atoms in total. The van der Waals surface area contributed by atoms with Crippen molar-refractivity contribution in [3.05, 3.63) is 0 Å². The molecule has 0 bridgehead atoms. The molecule has 1 N–H and O–H groups in total. The Labute approximate surface area is 121 Å². The first kappa shape index (κ1) is 15.5. The first-order valence-electron chi connectivity index (χ1n) is 8.10. The lowest BCUT2D eigenvalue weighted by Gasteiger charge is -2.33. The molecule has 1 saturated heterocycles. The van der Waals surface area contributed by atoms with Gasteiger partial charge in [0, 0.05) is 48.0 Å². The first-order chi connectivity index (χ1) is 9.29. The Balaban J connectivity index is 1.84. The predicted molar refractivity (Wildman–Crippen MR) is 83.0 cm³/mol. The number of nitrogens with one attached hydrogen (secondary N) is 1. The molecule has 1 saturated carbocycles. The van der Waals surface area contributed by atoms with Crippen LogP contribution in [0.3, 0.4) is 0 Å². The molecule has 0 spiro atoms. The number of rotatable bonds is 5. The van der Waals surface area contributed by atoms with Crippen molar-refractivity contribution in [1.82, 2.24) is 10.2 Å². The van der Waals surface area contributed by atoms with Crippen molar-refractivity contribution in [1.29, 1.82) is 0 Å².